The maximum absolute atomic E-state index is 10.7. The summed E-state index contributed by atoms with van der Waals surface area (Å²) in [4.78, 5) is 10.2. The molecular formula is C10H11ClN2O2. The zero-order valence-electron chi connectivity index (χ0n) is 8.02. The smallest absolute Gasteiger partial charge is 0.288 e. The van der Waals surface area contributed by atoms with Crippen molar-refractivity contribution in [1.29, 1.82) is 0 Å². The molecular weight excluding hydrogens is 216 g/mol. The Labute approximate surface area is 92.2 Å². The molecule has 0 bridgehead atoms. The summed E-state index contributed by atoms with van der Waals surface area (Å²) in [6.07, 6.45) is 1.02. The fourth-order valence-corrected chi connectivity index (χ4v) is 2.00. The number of nitro groups is 1. The third-order valence-corrected chi connectivity index (χ3v) is 3.14. The van der Waals surface area contributed by atoms with Gasteiger partial charge in [0, 0.05) is 6.07 Å². The highest BCUT2D eigenvalue weighted by Crippen LogP contribution is 2.47. The van der Waals surface area contributed by atoms with Gasteiger partial charge in [-0.25, -0.2) is 0 Å². The highest BCUT2D eigenvalue weighted by atomic mass is 35.5. The molecule has 0 amide bonds. The van der Waals surface area contributed by atoms with Crippen LogP contribution in [0.2, 0.25) is 5.02 Å². The lowest BCUT2D eigenvalue weighted by Gasteiger charge is -2.00. The highest BCUT2D eigenvalue weighted by Gasteiger charge is 2.37. The van der Waals surface area contributed by atoms with E-state index in [2.05, 4.69) is 0 Å². The molecule has 0 aliphatic heterocycles. The molecule has 4 nitrogen and oxygen atoms in total. The van der Waals surface area contributed by atoms with Crippen molar-refractivity contribution in [2.24, 2.45) is 11.7 Å². The maximum Gasteiger partial charge on any atom is 0.288 e. The Morgan fingerprint density at radius 1 is 1.60 bits per heavy atom. The van der Waals surface area contributed by atoms with Crippen LogP contribution >= 0.6 is 11.6 Å². The first kappa shape index (κ1) is 10.4. The lowest BCUT2D eigenvalue weighted by molar-refractivity contribution is -0.384. The van der Waals surface area contributed by atoms with Crippen LogP contribution in [0.1, 0.15) is 17.9 Å². The summed E-state index contributed by atoms with van der Waals surface area (Å²) < 4.78 is 0. The molecule has 5 heteroatoms. The van der Waals surface area contributed by atoms with Crippen molar-refractivity contribution < 1.29 is 4.92 Å². The van der Waals surface area contributed by atoms with E-state index in [0.717, 1.165) is 12.0 Å². The summed E-state index contributed by atoms with van der Waals surface area (Å²) in [5.74, 6) is 0.858. The average molecular weight is 227 g/mol. The molecule has 1 aliphatic rings. The molecule has 2 unspecified atom stereocenters. The van der Waals surface area contributed by atoms with Crippen LogP contribution in [0.5, 0.6) is 0 Å². The second-order valence-electron chi connectivity index (χ2n) is 3.81. The minimum Gasteiger partial charge on any atom is -0.330 e. The molecule has 2 rings (SSSR count). The first-order valence-corrected chi connectivity index (χ1v) is 5.15. The Kier molecular flexibility index (Phi) is 2.63. The van der Waals surface area contributed by atoms with Gasteiger partial charge in [0.2, 0.25) is 0 Å². The summed E-state index contributed by atoms with van der Waals surface area (Å²) >= 11 is 5.72. The maximum atomic E-state index is 10.7. The van der Waals surface area contributed by atoms with E-state index in [1.807, 2.05) is 6.07 Å². The van der Waals surface area contributed by atoms with E-state index in [-0.39, 0.29) is 10.7 Å². The molecule has 1 saturated carbocycles. The molecule has 0 spiro atoms. The van der Waals surface area contributed by atoms with Gasteiger partial charge in [0.1, 0.15) is 5.02 Å². The van der Waals surface area contributed by atoms with Crippen molar-refractivity contribution in [2.45, 2.75) is 12.3 Å². The minimum atomic E-state index is -0.453. The van der Waals surface area contributed by atoms with Crippen LogP contribution in [0.25, 0.3) is 0 Å². The van der Waals surface area contributed by atoms with E-state index in [1.165, 1.54) is 0 Å². The standard InChI is InChI=1S/C10H11ClN2O2/c11-9-2-1-6(4-10(9)13(14)15)8-3-7(8)5-12/h1-2,4,7-8H,3,5,12H2. The van der Waals surface area contributed by atoms with Gasteiger partial charge in [-0.3, -0.25) is 10.1 Å². The third-order valence-electron chi connectivity index (χ3n) is 2.82. The summed E-state index contributed by atoms with van der Waals surface area (Å²) in [7, 11) is 0. The van der Waals surface area contributed by atoms with Gasteiger partial charge in [0.15, 0.2) is 0 Å². The number of nitrogens with zero attached hydrogens (tertiary/aromatic N) is 1. The van der Waals surface area contributed by atoms with Gasteiger partial charge in [-0.05, 0) is 36.4 Å². The minimum absolute atomic E-state index is 0.0168. The van der Waals surface area contributed by atoms with Crippen molar-refractivity contribution >= 4 is 17.3 Å². The molecule has 80 valence electrons. The van der Waals surface area contributed by atoms with E-state index in [9.17, 15) is 10.1 Å². The highest BCUT2D eigenvalue weighted by molar-refractivity contribution is 6.32. The molecule has 2 N–H and O–H groups in total. The number of benzene rings is 1. The molecule has 1 fully saturated rings. The van der Waals surface area contributed by atoms with E-state index >= 15 is 0 Å². The second-order valence-corrected chi connectivity index (χ2v) is 4.21. The van der Waals surface area contributed by atoms with Crippen LogP contribution in [0.15, 0.2) is 18.2 Å². The Morgan fingerprint density at radius 3 is 2.87 bits per heavy atom. The summed E-state index contributed by atoms with van der Waals surface area (Å²) in [5.41, 5.74) is 6.49. The largest absolute Gasteiger partial charge is 0.330 e. The topological polar surface area (TPSA) is 69.2 Å². The lowest BCUT2D eigenvalue weighted by atomic mass is 10.1. The van der Waals surface area contributed by atoms with Crippen LogP contribution in [0, 0.1) is 16.0 Å². The van der Waals surface area contributed by atoms with Crippen molar-refractivity contribution in [2.75, 3.05) is 6.54 Å². The van der Waals surface area contributed by atoms with Gasteiger partial charge in [-0.2, -0.15) is 0 Å². The van der Waals surface area contributed by atoms with Crippen molar-refractivity contribution in [1.82, 2.24) is 0 Å². The van der Waals surface area contributed by atoms with E-state index in [0.29, 0.717) is 18.4 Å². The van der Waals surface area contributed by atoms with Gasteiger partial charge < -0.3 is 5.73 Å². The van der Waals surface area contributed by atoms with Gasteiger partial charge in [-0.1, -0.05) is 17.7 Å². The van der Waals surface area contributed by atoms with Crippen LogP contribution in [-0.2, 0) is 0 Å². The van der Waals surface area contributed by atoms with Gasteiger partial charge >= 0.3 is 0 Å². The van der Waals surface area contributed by atoms with Crippen LogP contribution < -0.4 is 5.73 Å². The predicted octanol–water partition coefficient (Wildman–Crippen LogP) is 2.31. The van der Waals surface area contributed by atoms with E-state index in [1.54, 1.807) is 12.1 Å². The van der Waals surface area contributed by atoms with Crippen LogP contribution in [-0.4, -0.2) is 11.5 Å². The van der Waals surface area contributed by atoms with E-state index < -0.39 is 4.92 Å². The molecule has 2 atom stereocenters. The first-order valence-electron chi connectivity index (χ1n) is 4.77. The Bertz CT molecular complexity index is 408. The zero-order valence-corrected chi connectivity index (χ0v) is 8.78. The third kappa shape index (κ3) is 1.96. The average Bonchev–Trinajstić information content (AvgIpc) is 2.97. The number of nitro benzene ring substituents is 1. The second kappa shape index (κ2) is 3.79. The quantitative estimate of drug-likeness (QED) is 0.635. The molecule has 0 saturated heterocycles. The molecule has 1 aliphatic carbocycles. The fourth-order valence-electron chi connectivity index (χ4n) is 1.82. The lowest BCUT2D eigenvalue weighted by Crippen LogP contribution is -2.02. The Hall–Kier alpha value is -1.13. The molecule has 0 aromatic heterocycles. The Balaban J connectivity index is 2.28. The predicted molar refractivity (Wildman–Crippen MR) is 58.0 cm³/mol. The number of hydrogen-bond acceptors (Lipinski definition) is 3. The fraction of sp³-hybridized carbons (Fsp3) is 0.400. The summed E-state index contributed by atoms with van der Waals surface area (Å²) in [5, 5.41) is 10.9. The van der Waals surface area contributed by atoms with Crippen LogP contribution in [0.4, 0.5) is 5.69 Å². The molecule has 15 heavy (non-hydrogen) atoms. The number of hydrogen-bond donors (Lipinski definition) is 1. The van der Waals surface area contributed by atoms with E-state index in [4.69, 9.17) is 17.3 Å². The molecule has 0 heterocycles. The summed E-state index contributed by atoms with van der Waals surface area (Å²) in [6.45, 7) is 0.640. The Morgan fingerprint density at radius 2 is 2.33 bits per heavy atom. The van der Waals surface area contributed by atoms with Gasteiger partial charge in [0.25, 0.3) is 5.69 Å². The van der Waals surface area contributed by atoms with Crippen molar-refractivity contribution in [3.8, 4) is 0 Å². The normalized spacial score (nSPS) is 23.9. The molecule has 1 aromatic carbocycles. The monoisotopic (exact) mass is 226 g/mol. The molecule has 1 aromatic rings. The van der Waals surface area contributed by atoms with Crippen LogP contribution in [0.3, 0.4) is 0 Å². The summed E-state index contributed by atoms with van der Waals surface area (Å²) in [6, 6.07) is 4.99. The first-order chi connectivity index (χ1) is 7.13. The van der Waals surface area contributed by atoms with Gasteiger partial charge in [-0.15, -0.1) is 0 Å². The van der Waals surface area contributed by atoms with Crippen molar-refractivity contribution in [3.63, 3.8) is 0 Å². The van der Waals surface area contributed by atoms with Gasteiger partial charge in [0.05, 0.1) is 4.92 Å². The number of halogens is 1. The number of nitrogens with two attached hydrogens (primary N) is 1. The number of rotatable bonds is 3. The molecule has 0 radical (unpaired) electrons. The SMILES string of the molecule is NCC1CC1c1ccc(Cl)c([N+](=O)[O-])c1. The zero-order chi connectivity index (χ0) is 11.0. The van der Waals surface area contributed by atoms with Crippen molar-refractivity contribution in [3.05, 3.63) is 38.9 Å².